The molecule has 0 amide bonds. The van der Waals surface area contributed by atoms with E-state index in [1.54, 1.807) is 0 Å². The predicted molar refractivity (Wildman–Crippen MR) is 74.3 cm³/mol. The molecule has 0 spiro atoms. The van der Waals surface area contributed by atoms with Crippen molar-refractivity contribution < 1.29 is 8.78 Å². The van der Waals surface area contributed by atoms with Crippen LogP contribution in [-0.4, -0.2) is 23.7 Å². The summed E-state index contributed by atoms with van der Waals surface area (Å²) in [5.41, 5.74) is 1.13. The van der Waals surface area contributed by atoms with Crippen molar-refractivity contribution in [2.75, 3.05) is 13.2 Å². The molecule has 0 N–H and O–H groups in total. The van der Waals surface area contributed by atoms with Crippen LogP contribution in [0.5, 0.6) is 0 Å². The maximum absolute atomic E-state index is 13.1. The number of hydrogen-bond acceptors (Lipinski definition) is 1. The first-order chi connectivity index (χ1) is 8.91. The van der Waals surface area contributed by atoms with Gasteiger partial charge in [0.15, 0.2) is 0 Å². The lowest BCUT2D eigenvalue weighted by molar-refractivity contribution is 0.0237. The highest BCUT2D eigenvalue weighted by Gasteiger charge is 2.35. The average molecular weight is 267 g/mol. The van der Waals surface area contributed by atoms with Gasteiger partial charge in [-0.05, 0) is 63.8 Å². The van der Waals surface area contributed by atoms with Crippen LogP contribution in [-0.2, 0) is 0 Å². The van der Waals surface area contributed by atoms with E-state index in [1.807, 2.05) is 12.1 Å². The van der Waals surface area contributed by atoms with Gasteiger partial charge in [-0.25, -0.2) is 4.39 Å². The number of piperidine rings is 1. The Kier molecular flexibility index (Phi) is 4.24. The molecule has 0 aromatic heterocycles. The average Bonchev–Trinajstić information content (AvgIpc) is 2.38. The molecule has 2 rings (SSSR count). The lowest BCUT2D eigenvalue weighted by atomic mass is 9.84. The second-order valence-corrected chi connectivity index (χ2v) is 6.48. The van der Waals surface area contributed by atoms with Crippen molar-refractivity contribution in [3.63, 3.8) is 0 Å². The standard InChI is InChI=1S/C16H23F2N/c1-16(2,3)19-9-8-12(11-17)10-15(19)13-4-6-14(18)7-5-13/h4-7,12,15H,8-11H2,1-3H3/t12-,15?/m0/s1. The fourth-order valence-corrected chi connectivity index (χ4v) is 2.98. The first kappa shape index (κ1) is 14.4. The summed E-state index contributed by atoms with van der Waals surface area (Å²) < 4.78 is 26.0. The molecule has 1 aliphatic heterocycles. The highest BCUT2D eigenvalue weighted by Crippen LogP contribution is 2.38. The van der Waals surface area contributed by atoms with Crippen molar-refractivity contribution in [3.8, 4) is 0 Å². The molecule has 0 aliphatic carbocycles. The molecule has 1 saturated heterocycles. The van der Waals surface area contributed by atoms with E-state index in [0.29, 0.717) is 0 Å². The highest BCUT2D eigenvalue weighted by molar-refractivity contribution is 5.21. The quantitative estimate of drug-likeness (QED) is 0.770. The minimum atomic E-state index is -0.254. The van der Waals surface area contributed by atoms with Crippen LogP contribution >= 0.6 is 0 Å². The molecule has 106 valence electrons. The zero-order chi connectivity index (χ0) is 14.0. The molecule has 3 heteroatoms. The van der Waals surface area contributed by atoms with E-state index >= 15 is 0 Å². The Morgan fingerprint density at radius 2 is 1.84 bits per heavy atom. The van der Waals surface area contributed by atoms with Crippen molar-refractivity contribution >= 4 is 0 Å². The van der Waals surface area contributed by atoms with Crippen molar-refractivity contribution in [2.45, 2.75) is 45.2 Å². The molecule has 1 unspecified atom stereocenters. The lowest BCUT2D eigenvalue weighted by Crippen LogP contribution is -2.48. The van der Waals surface area contributed by atoms with Gasteiger partial charge in [0.05, 0.1) is 6.67 Å². The van der Waals surface area contributed by atoms with E-state index < -0.39 is 0 Å². The number of rotatable bonds is 2. The van der Waals surface area contributed by atoms with Gasteiger partial charge in [-0.15, -0.1) is 0 Å². The summed E-state index contributed by atoms with van der Waals surface area (Å²) in [4.78, 5) is 2.41. The normalized spacial score (nSPS) is 25.5. The van der Waals surface area contributed by atoms with Crippen LogP contribution in [0.1, 0.15) is 45.2 Å². The first-order valence-electron chi connectivity index (χ1n) is 7.00. The van der Waals surface area contributed by atoms with Crippen LogP contribution in [0.2, 0.25) is 0 Å². The molecule has 1 heterocycles. The fourth-order valence-electron chi connectivity index (χ4n) is 2.98. The Bertz CT molecular complexity index is 408. The Balaban J connectivity index is 2.27. The van der Waals surface area contributed by atoms with E-state index in [9.17, 15) is 8.78 Å². The summed E-state index contributed by atoms with van der Waals surface area (Å²) >= 11 is 0. The van der Waals surface area contributed by atoms with Crippen molar-refractivity contribution in [3.05, 3.63) is 35.6 Å². The topological polar surface area (TPSA) is 3.24 Å². The maximum Gasteiger partial charge on any atom is 0.123 e. The van der Waals surface area contributed by atoms with Crippen LogP contribution in [0.15, 0.2) is 24.3 Å². The Morgan fingerprint density at radius 1 is 1.21 bits per heavy atom. The smallest absolute Gasteiger partial charge is 0.123 e. The third-order valence-corrected chi connectivity index (χ3v) is 4.05. The van der Waals surface area contributed by atoms with Gasteiger partial charge in [0.25, 0.3) is 0 Å². The largest absolute Gasteiger partial charge is 0.291 e. The Morgan fingerprint density at radius 3 is 2.37 bits per heavy atom. The van der Waals surface area contributed by atoms with Gasteiger partial charge in [-0.3, -0.25) is 9.29 Å². The van der Waals surface area contributed by atoms with Gasteiger partial charge in [-0.2, -0.15) is 0 Å². The summed E-state index contributed by atoms with van der Waals surface area (Å²) in [6.07, 6.45) is 1.73. The molecule has 1 aromatic rings. The van der Waals surface area contributed by atoms with E-state index in [1.165, 1.54) is 12.1 Å². The van der Waals surface area contributed by atoms with Crippen molar-refractivity contribution in [1.82, 2.24) is 4.90 Å². The van der Waals surface area contributed by atoms with E-state index in [-0.39, 0.29) is 30.0 Å². The van der Waals surface area contributed by atoms with Crippen LogP contribution in [0.4, 0.5) is 8.78 Å². The number of benzene rings is 1. The van der Waals surface area contributed by atoms with Crippen LogP contribution in [0.25, 0.3) is 0 Å². The molecule has 0 radical (unpaired) electrons. The van der Waals surface area contributed by atoms with Gasteiger partial charge >= 0.3 is 0 Å². The van der Waals surface area contributed by atoms with E-state index in [2.05, 4.69) is 25.7 Å². The zero-order valence-corrected chi connectivity index (χ0v) is 12.0. The Hall–Kier alpha value is -0.960. The van der Waals surface area contributed by atoms with E-state index in [0.717, 1.165) is 24.9 Å². The molecule has 2 atom stereocenters. The molecule has 19 heavy (non-hydrogen) atoms. The van der Waals surface area contributed by atoms with Crippen molar-refractivity contribution in [1.29, 1.82) is 0 Å². The third kappa shape index (κ3) is 3.33. The highest BCUT2D eigenvalue weighted by atomic mass is 19.1. The van der Waals surface area contributed by atoms with Gasteiger partial charge in [0.2, 0.25) is 0 Å². The summed E-state index contributed by atoms with van der Waals surface area (Å²) in [7, 11) is 0. The molecule has 0 bridgehead atoms. The minimum absolute atomic E-state index is 0.0420. The van der Waals surface area contributed by atoms with Gasteiger partial charge in [0, 0.05) is 11.6 Å². The van der Waals surface area contributed by atoms with Gasteiger partial charge in [0.1, 0.15) is 5.82 Å². The molecular formula is C16H23F2N. The molecule has 1 aromatic carbocycles. The molecule has 1 nitrogen and oxygen atoms in total. The van der Waals surface area contributed by atoms with Gasteiger partial charge in [-0.1, -0.05) is 12.1 Å². The fraction of sp³-hybridized carbons (Fsp3) is 0.625. The number of hydrogen-bond donors (Lipinski definition) is 0. The summed E-state index contributed by atoms with van der Waals surface area (Å²) in [6.45, 7) is 7.19. The van der Waals surface area contributed by atoms with Gasteiger partial charge < -0.3 is 0 Å². The number of likely N-dealkylation sites (tertiary alicyclic amines) is 1. The molecule has 1 fully saturated rings. The minimum Gasteiger partial charge on any atom is -0.291 e. The number of nitrogens with zero attached hydrogens (tertiary/aromatic N) is 1. The molecular weight excluding hydrogens is 244 g/mol. The monoisotopic (exact) mass is 267 g/mol. The molecule has 0 saturated carbocycles. The van der Waals surface area contributed by atoms with Crippen LogP contribution in [0, 0.1) is 11.7 Å². The summed E-state index contributed by atoms with van der Waals surface area (Å²) in [5.74, 6) is -0.0856. The molecule has 1 aliphatic rings. The number of halogens is 2. The summed E-state index contributed by atoms with van der Waals surface area (Å²) in [5, 5.41) is 0. The third-order valence-electron chi connectivity index (χ3n) is 4.05. The van der Waals surface area contributed by atoms with Crippen LogP contribution < -0.4 is 0 Å². The second kappa shape index (κ2) is 5.58. The first-order valence-corrected chi connectivity index (χ1v) is 7.00. The SMILES string of the molecule is CC(C)(C)N1CC[C@H](CF)CC1c1ccc(F)cc1. The van der Waals surface area contributed by atoms with E-state index in [4.69, 9.17) is 0 Å². The van der Waals surface area contributed by atoms with Crippen molar-refractivity contribution in [2.24, 2.45) is 5.92 Å². The Labute approximate surface area is 114 Å². The lowest BCUT2D eigenvalue weighted by Gasteiger charge is -2.46. The predicted octanol–water partition coefficient (Wildman–Crippen LogP) is 4.35. The second-order valence-electron chi connectivity index (χ2n) is 6.48. The van der Waals surface area contributed by atoms with Crippen LogP contribution in [0.3, 0.4) is 0 Å². The summed E-state index contributed by atoms with van der Waals surface area (Å²) in [6, 6.07) is 6.85. The number of alkyl halides is 1. The maximum atomic E-state index is 13.1. The zero-order valence-electron chi connectivity index (χ0n) is 12.0.